The molecule has 2 aromatic rings. The molecule has 2 heteroatoms. The van der Waals surface area contributed by atoms with Gasteiger partial charge in [0.25, 0.3) is 0 Å². The molecule has 0 atom stereocenters. The molecule has 0 fully saturated rings. The Hall–Kier alpha value is -3.13. The Labute approximate surface area is 148 Å². The summed E-state index contributed by atoms with van der Waals surface area (Å²) >= 11 is 0. The molecule has 4 rings (SSSR count). The molecule has 0 amide bonds. The van der Waals surface area contributed by atoms with Crippen LogP contribution in [-0.4, -0.2) is 12.3 Å². The summed E-state index contributed by atoms with van der Waals surface area (Å²) in [4.78, 5) is 14.3. The molecule has 1 heterocycles. The summed E-state index contributed by atoms with van der Waals surface area (Å²) in [6.45, 7) is 3.10. The molecule has 2 nitrogen and oxygen atoms in total. The zero-order chi connectivity index (χ0) is 17.2. The van der Waals surface area contributed by atoms with Gasteiger partial charge in [0.2, 0.25) is 0 Å². The number of ketones is 1. The second kappa shape index (κ2) is 6.40. The summed E-state index contributed by atoms with van der Waals surface area (Å²) in [5, 5.41) is 0. The lowest BCUT2D eigenvalue weighted by Crippen LogP contribution is -2.18. The van der Waals surface area contributed by atoms with Crippen LogP contribution < -0.4 is 4.90 Å². The van der Waals surface area contributed by atoms with Crippen molar-refractivity contribution >= 4 is 22.6 Å². The van der Waals surface area contributed by atoms with Crippen LogP contribution in [0.3, 0.4) is 0 Å². The average molecular weight is 325 g/mol. The van der Waals surface area contributed by atoms with Crippen LogP contribution in [0.25, 0.3) is 11.1 Å². The van der Waals surface area contributed by atoms with E-state index in [0.29, 0.717) is 0 Å². The minimum absolute atomic E-state index is 0.0712. The van der Waals surface area contributed by atoms with Crippen LogP contribution in [0.1, 0.15) is 28.4 Å². The van der Waals surface area contributed by atoms with Gasteiger partial charge in [-0.25, -0.2) is 0 Å². The molecular formula is C23H19NO. The summed E-state index contributed by atoms with van der Waals surface area (Å²) in [5.74, 6) is 0.0712. The number of nitrogens with zero attached hydrogens (tertiary/aromatic N) is 1. The molecule has 0 spiro atoms. The third-order valence-corrected chi connectivity index (χ3v) is 4.66. The van der Waals surface area contributed by atoms with Crippen LogP contribution in [-0.2, 0) is 0 Å². The fourth-order valence-electron chi connectivity index (χ4n) is 3.35. The van der Waals surface area contributed by atoms with Gasteiger partial charge in [0, 0.05) is 29.6 Å². The van der Waals surface area contributed by atoms with Gasteiger partial charge < -0.3 is 4.90 Å². The average Bonchev–Trinajstić information content (AvgIpc) is 2.67. The number of rotatable bonds is 2. The van der Waals surface area contributed by atoms with Crippen LogP contribution in [0.2, 0.25) is 0 Å². The van der Waals surface area contributed by atoms with Crippen LogP contribution in [0, 0.1) is 0 Å². The molecule has 0 N–H and O–H groups in total. The van der Waals surface area contributed by atoms with Gasteiger partial charge in [-0.15, -0.1) is 0 Å². The Kier molecular flexibility index (Phi) is 3.95. The van der Waals surface area contributed by atoms with Gasteiger partial charge in [0.05, 0.1) is 0 Å². The Bertz CT molecular complexity index is 960. The Balaban J connectivity index is 1.77. The lowest BCUT2D eigenvalue weighted by molar-refractivity contribution is 0.104. The van der Waals surface area contributed by atoms with E-state index in [1.165, 1.54) is 16.8 Å². The topological polar surface area (TPSA) is 20.3 Å². The van der Waals surface area contributed by atoms with Gasteiger partial charge in [0.1, 0.15) is 0 Å². The summed E-state index contributed by atoms with van der Waals surface area (Å²) in [5.41, 5.74) is 6.46. The lowest BCUT2D eigenvalue weighted by atomic mass is 9.91. The molecule has 1 aliphatic carbocycles. The number of benzene rings is 2. The van der Waals surface area contributed by atoms with Gasteiger partial charge in [0.15, 0.2) is 5.78 Å². The predicted octanol–water partition coefficient (Wildman–Crippen LogP) is 5.26. The predicted molar refractivity (Wildman–Crippen MR) is 104 cm³/mol. The molecule has 1 aliphatic heterocycles. The largest absolute Gasteiger partial charge is 0.348 e. The van der Waals surface area contributed by atoms with E-state index in [1.807, 2.05) is 30.3 Å². The number of carbonyl (C=O) groups excluding carboxylic acids is 1. The fraction of sp³-hybridized carbons (Fsp3) is 0.0870. The molecule has 2 aliphatic rings. The van der Waals surface area contributed by atoms with Gasteiger partial charge >= 0.3 is 0 Å². The zero-order valence-corrected chi connectivity index (χ0v) is 14.1. The normalized spacial score (nSPS) is 18.6. The minimum atomic E-state index is 0.0712. The van der Waals surface area contributed by atoms with Gasteiger partial charge in [-0.3, -0.25) is 4.79 Å². The Morgan fingerprint density at radius 3 is 2.20 bits per heavy atom. The first-order valence-corrected chi connectivity index (χ1v) is 8.56. The number of hydrogen-bond acceptors (Lipinski definition) is 2. The van der Waals surface area contributed by atoms with E-state index in [2.05, 4.69) is 60.5 Å². The van der Waals surface area contributed by atoms with Crippen molar-refractivity contribution in [2.45, 2.75) is 6.92 Å². The molecule has 0 saturated carbocycles. The van der Waals surface area contributed by atoms with Crippen molar-refractivity contribution in [2.75, 3.05) is 11.4 Å². The monoisotopic (exact) mass is 325 g/mol. The maximum Gasteiger partial charge on any atom is 0.186 e. The number of para-hydroxylation sites is 1. The highest BCUT2D eigenvalue weighted by Gasteiger charge is 2.16. The number of fused-ring (bicyclic) bond motifs is 2. The van der Waals surface area contributed by atoms with Crippen molar-refractivity contribution in [3.05, 3.63) is 102 Å². The molecule has 0 unspecified atom stereocenters. The number of anilines is 1. The van der Waals surface area contributed by atoms with Gasteiger partial charge in [-0.2, -0.15) is 0 Å². The quantitative estimate of drug-likeness (QED) is 0.750. The molecule has 0 bridgehead atoms. The third kappa shape index (κ3) is 2.76. The molecule has 25 heavy (non-hydrogen) atoms. The highest BCUT2D eigenvalue weighted by atomic mass is 16.1. The Morgan fingerprint density at radius 1 is 0.800 bits per heavy atom. The molecular weight excluding hydrogens is 306 g/mol. The van der Waals surface area contributed by atoms with E-state index in [0.717, 1.165) is 23.2 Å². The van der Waals surface area contributed by atoms with E-state index >= 15 is 0 Å². The van der Waals surface area contributed by atoms with Crippen LogP contribution >= 0.6 is 0 Å². The summed E-state index contributed by atoms with van der Waals surface area (Å²) < 4.78 is 0. The fourth-order valence-corrected chi connectivity index (χ4v) is 3.35. The van der Waals surface area contributed by atoms with E-state index in [-0.39, 0.29) is 5.78 Å². The standard InChI is InChI=1S/C23H19NO/c1-2-24-16-15-18(20-8-5-6-10-22(20)24)12-11-17-13-14-23(25)21-9-4-3-7-19(17)21/h3-16H,2H2,1H3. The first kappa shape index (κ1) is 15.4. The zero-order valence-electron chi connectivity index (χ0n) is 14.1. The lowest BCUT2D eigenvalue weighted by Gasteiger charge is -2.26. The number of hydrogen-bond donors (Lipinski definition) is 0. The van der Waals surface area contributed by atoms with Gasteiger partial charge in [-0.05, 0) is 41.9 Å². The van der Waals surface area contributed by atoms with Crippen molar-refractivity contribution in [3.8, 4) is 0 Å². The maximum atomic E-state index is 12.0. The van der Waals surface area contributed by atoms with Crippen molar-refractivity contribution in [1.82, 2.24) is 0 Å². The third-order valence-electron chi connectivity index (χ3n) is 4.66. The van der Waals surface area contributed by atoms with E-state index in [1.54, 1.807) is 6.08 Å². The van der Waals surface area contributed by atoms with E-state index < -0.39 is 0 Å². The van der Waals surface area contributed by atoms with E-state index in [4.69, 9.17) is 0 Å². The minimum Gasteiger partial charge on any atom is -0.348 e. The van der Waals surface area contributed by atoms with Crippen molar-refractivity contribution in [1.29, 1.82) is 0 Å². The molecule has 0 saturated heterocycles. The van der Waals surface area contributed by atoms with E-state index in [9.17, 15) is 4.79 Å². The summed E-state index contributed by atoms with van der Waals surface area (Å²) in [7, 11) is 0. The van der Waals surface area contributed by atoms with Crippen molar-refractivity contribution in [2.24, 2.45) is 0 Å². The van der Waals surface area contributed by atoms with Crippen molar-refractivity contribution < 1.29 is 4.79 Å². The number of carbonyl (C=O) groups is 1. The number of allylic oxidation sites excluding steroid dienone is 7. The highest BCUT2D eigenvalue weighted by molar-refractivity contribution is 6.12. The molecule has 0 aromatic heterocycles. The second-order valence-corrected chi connectivity index (χ2v) is 6.11. The summed E-state index contributed by atoms with van der Waals surface area (Å²) in [6, 6.07) is 16.2. The van der Waals surface area contributed by atoms with Crippen LogP contribution in [0.15, 0.2) is 85.1 Å². The second-order valence-electron chi connectivity index (χ2n) is 6.11. The molecule has 122 valence electrons. The van der Waals surface area contributed by atoms with Gasteiger partial charge in [-0.1, -0.05) is 60.7 Å². The first-order chi connectivity index (χ1) is 12.3. The highest BCUT2D eigenvalue weighted by Crippen LogP contribution is 2.33. The maximum absolute atomic E-state index is 12.0. The molecule has 2 aromatic carbocycles. The SMILES string of the molecule is CCN1C=CC(=CC=C2C=CC(=O)c3ccccc32)c2ccccc21. The Morgan fingerprint density at radius 2 is 1.44 bits per heavy atom. The molecule has 0 radical (unpaired) electrons. The first-order valence-electron chi connectivity index (χ1n) is 8.56. The van der Waals surface area contributed by atoms with Crippen LogP contribution in [0.5, 0.6) is 0 Å². The van der Waals surface area contributed by atoms with Crippen LogP contribution in [0.4, 0.5) is 5.69 Å². The summed E-state index contributed by atoms with van der Waals surface area (Å²) in [6.07, 6.45) is 12.1. The smallest absolute Gasteiger partial charge is 0.186 e. The van der Waals surface area contributed by atoms with Crippen molar-refractivity contribution in [3.63, 3.8) is 0 Å².